The van der Waals surface area contributed by atoms with Crippen molar-refractivity contribution in [3.63, 3.8) is 0 Å². The van der Waals surface area contributed by atoms with Crippen molar-refractivity contribution >= 4 is 33.0 Å². The predicted molar refractivity (Wildman–Crippen MR) is 72.9 cm³/mol. The van der Waals surface area contributed by atoms with Crippen LogP contribution in [-0.4, -0.2) is 0 Å². The number of benzene rings is 2. The molecule has 94 valence electrons. The Balaban J connectivity index is 2.34. The van der Waals surface area contributed by atoms with Gasteiger partial charge in [-0.2, -0.15) is 0 Å². The standard InChI is InChI=1S/C13H11BrF2N2/c1-7-2-3-8(4-12(7)17)18-13-6-10(15)9(14)5-11(13)16/h2-6,18H,17H2,1H3. The lowest BCUT2D eigenvalue weighted by Crippen LogP contribution is -1.97. The Morgan fingerprint density at radius 2 is 1.83 bits per heavy atom. The van der Waals surface area contributed by atoms with Crippen molar-refractivity contribution in [1.82, 2.24) is 0 Å². The van der Waals surface area contributed by atoms with Crippen LogP contribution in [0.15, 0.2) is 34.8 Å². The largest absolute Gasteiger partial charge is 0.398 e. The molecular formula is C13H11BrF2N2. The molecule has 2 aromatic carbocycles. The van der Waals surface area contributed by atoms with Crippen molar-refractivity contribution in [1.29, 1.82) is 0 Å². The Hall–Kier alpha value is -1.62. The molecule has 0 unspecified atom stereocenters. The van der Waals surface area contributed by atoms with Crippen molar-refractivity contribution in [3.8, 4) is 0 Å². The average Bonchev–Trinajstić information content (AvgIpc) is 2.31. The first-order chi connectivity index (χ1) is 8.47. The van der Waals surface area contributed by atoms with Gasteiger partial charge in [-0.25, -0.2) is 8.78 Å². The van der Waals surface area contributed by atoms with Crippen LogP contribution in [0.4, 0.5) is 25.8 Å². The summed E-state index contributed by atoms with van der Waals surface area (Å²) in [7, 11) is 0. The van der Waals surface area contributed by atoms with E-state index >= 15 is 0 Å². The van der Waals surface area contributed by atoms with Gasteiger partial charge in [0.1, 0.15) is 11.6 Å². The van der Waals surface area contributed by atoms with Crippen LogP contribution in [0.2, 0.25) is 0 Å². The summed E-state index contributed by atoms with van der Waals surface area (Å²) in [6.07, 6.45) is 0. The van der Waals surface area contributed by atoms with Gasteiger partial charge in [-0.3, -0.25) is 0 Å². The van der Waals surface area contributed by atoms with Crippen LogP contribution >= 0.6 is 15.9 Å². The Bertz CT molecular complexity index is 600. The van der Waals surface area contributed by atoms with Crippen molar-refractivity contribution in [2.24, 2.45) is 0 Å². The second kappa shape index (κ2) is 4.94. The van der Waals surface area contributed by atoms with Crippen LogP contribution in [0.3, 0.4) is 0 Å². The molecule has 2 nitrogen and oxygen atoms in total. The highest BCUT2D eigenvalue weighted by molar-refractivity contribution is 9.10. The van der Waals surface area contributed by atoms with Gasteiger partial charge in [0.25, 0.3) is 0 Å². The van der Waals surface area contributed by atoms with E-state index in [0.717, 1.165) is 17.7 Å². The fourth-order valence-corrected chi connectivity index (χ4v) is 1.81. The lowest BCUT2D eigenvalue weighted by atomic mass is 10.2. The van der Waals surface area contributed by atoms with Crippen molar-refractivity contribution < 1.29 is 8.78 Å². The molecule has 0 fully saturated rings. The molecule has 2 aromatic rings. The number of rotatable bonds is 2. The van der Waals surface area contributed by atoms with E-state index in [0.29, 0.717) is 11.4 Å². The molecule has 0 aromatic heterocycles. The highest BCUT2D eigenvalue weighted by Gasteiger charge is 2.08. The minimum Gasteiger partial charge on any atom is -0.398 e. The average molecular weight is 313 g/mol. The number of nitrogens with one attached hydrogen (secondary N) is 1. The summed E-state index contributed by atoms with van der Waals surface area (Å²) < 4.78 is 27.0. The summed E-state index contributed by atoms with van der Waals surface area (Å²) in [5, 5.41) is 2.79. The topological polar surface area (TPSA) is 38.0 Å². The first kappa shape index (κ1) is 12.8. The van der Waals surface area contributed by atoms with Gasteiger partial charge in [-0.05, 0) is 46.6 Å². The lowest BCUT2D eigenvalue weighted by molar-refractivity contribution is 0.598. The zero-order valence-corrected chi connectivity index (χ0v) is 11.2. The third-order valence-corrected chi connectivity index (χ3v) is 3.18. The molecule has 0 heterocycles. The molecule has 18 heavy (non-hydrogen) atoms. The maximum Gasteiger partial charge on any atom is 0.147 e. The van der Waals surface area contributed by atoms with Crippen LogP contribution in [0, 0.1) is 18.6 Å². The summed E-state index contributed by atoms with van der Waals surface area (Å²) in [5.41, 5.74) is 7.96. The third kappa shape index (κ3) is 2.61. The minimum absolute atomic E-state index is 0.0685. The molecule has 0 aliphatic heterocycles. The van der Waals surface area contributed by atoms with Gasteiger partial charge in [0.05, 0.1) is 10.2 Å². The molecule has 0 spiro atoms. The molecule has 0 bridgehead atoms. The Kier molecular flexibility index (Phi) is 3.52. The highest BCUT2D eigenvalue weighted by atomic mass is 79.9. The zero-order chi connectivity index (χ0) is 13.3. The molecule has 0 saturated heterocycles. The maximum atomic E-state index is 13.6. The van der Waals surface area contributed by atoms with Gasteiger partial charge < -0.3 is 11.1 Å². The van der Waals surface area contributed by atoms with Crippen molar-refractivity contribution in [3.05, 3.63) is 52.0 Å². The smallest absolute Gasteiger partial charge is 0.147 e. The quantitative estimate of drug-likeness (QED) is 0.638. The monoisotopic (exact) mass is 312 g/mol. The van der Waals surface area contributed by atoms with Gasteiger partial charge in [-0.1, -0.05) is 6.07 Å². The zero-order valence-electron chi connectivity index (χ0n) is 9.60. The first-order valence-corrected chi connectivity index (χ1v) is 6.04. The number of nitrogens with two attached hydrogens (primary N) is 1. The molecule has 0 aliphatic carbocycles. The van der Waals surface area contributed by atoms with E-state index in [1.54, 1.807) is 12.1 Å². The Labute approximate surface area is 112 Å². The van der Waals surface area contributed by atoms with Gasteiger partial charge in [0.15, 0.2) is 0 Å². The minimum atomic E-state index is -0.539. The summed E-state index contributed by atoms with van der Waals surface area (Å²) in [4.78, 5) is 0. The SMILES string of the molecule is Cc1ccc(Nc2cc(F)c(Br)cc2F)cc1N. The second-order valence-corrected chi connectivity index (χ2v) is 4.80. The van der Waals surface area contributed by atoms with Crippen LogP contribution < -0.4 is 11.1 Å². The van der Waals surface area contributed by atoms with Gasteiger partial charge >= 0.3 is 0 Å². The summed E-state index contributed by atoms with van der Waals surface area (Å²) in [5.74, 6) is -1.07. The van der Waals surface area contributed by atoms with Crippen LogP contribution in [-0.2, 0) is 0 Å². The van der Waals surface area contributed by atoms with E-state index in [2.05, 4.69) is 21.2 Å². The van der Waals surface area contributed by atoms with Crippen LogP contribution in [0.5, 0.6) is 0 Å². The van der Waals surface area contributed by atoms with E-state index < -0.39 is 11.6 Å². The molecule has 0 aliphatic rings. The summed E-state index contributed by atoms with van der Waals surface area (Å²) in [6.45, 7) is 1.87. The maximum absolute atomic E-state index is 13.6. The van der Waals surface area contributed by atoms with E-state index in [-0.39, 0.29) is 10.2 Å². The molecule has 0 atom stereocenters. The highest BCUT2D eigenvalue weighted by Crippen LogP contribution is 2.27. The molecule has 0 radical (unpaired) electrons. The fraction of sp³-hybridized carbons (Fsp3) is 0.0769. The third-order valence-electron chi connectivity index (χ3n) is 2.57. The van der Waals surface area contributed by atoms with Crippen molar-refractivity contribution in [2.45, 2.75) is 6.92 Å². The normalized spacial score (nSPS) is 10.4. The van der Waals surface area contributed by atoms with Gasteiger partial charge in [-0.15, -0.1) is 0 Å². The Morgan fingerprint density at radius 3 is 2.50 bits per heavy atom. The fourth-order valence-electron chi connectivity index (χ4n) is 1.49. The van der Waals surface area contributed by atoms with E-state index in [9.17, 15) is 8.78 Å². The molecular weight excluding hydrogens is 302 g/mol. The number of aryl methyl sites for hydroxylation is 1. The first-order valence-electron chi connectivity index (χ1n) is 5.25. The van der Waals surface area contributed by atoms with E-state index in [1.165, 1.54) is 0 Å². The molecule has 0 amide bonds. The van der Waals surface area contributed by atoms with E-state index in [1.807, 2.05) is 13.0 Å². The number of hydrogen-bond acceptors (Lipinski definition) is 2. The number of halogens is 3. The number of hydrogen-bond donors (Lipinski definition) is 2. The number of anilines is 3. The molecule has 2 rings (SSSR count). The second-order valence-electron chi connectivity index (χ2n) is 3.94. The summed E-state index contributed by atoms with van der Waals surface area (Å²) >= 11 is 2.92. The predicted octanol–water partition coefficient (Wildman–Crippen LogP) is 4.36. The van der Waals surface area contributed by atoms with Crippen LogP contribution in [0.25, 0.3) is 0 Å². The lowest BCUT2D eigenvalue weighted by Gasteiger charge is -2.10. The molecule has 5 heteroatoms. The number of nitrogen functional groups attached to an aromatic ring is 1. The van der Waals surface area contributed by atoms with Gasteiger partial charge in [0.2, 0.25) is 0 Å². The van der Waals surface area contributed by atoms with Crippen LogP contribution in [0.1, 0.15) is 5.56 Å². The Morgan fingerprint density at radius 1 is 1.11 bits per heavy atom. The molecule has 0 saturated carbocycles. The van der Waals surface area contributed by atoms with E-state index in [4.69, 9.17) is 5.73 Å². The van der Waals surface area contributed by atoms with Gasteiger partial charge in [0, 0.05) is 17.4 Å². The summed E-state index contributed by atoms with van der Waals surface area (Å²) in [6, 6.07) is 7.41. The molecule has 3 N–H and O–H groups in total. The van der Waals surface area contributed by atoms with Crippen molar-refractivity contribution in [2.75, 3.05) is 11.1 Å².